The summed E-state index contributed by atoms with van der Waals surface area (Å²) in [5.41, 5.74) is -0.550. The molecule has 0 unspecified atom stereocenters. The summed E-state index contributed by atoms with van der Waals surface area (Å²) in [4.78, 5) is 0.710. The molecule has 0 spiro atoms. The number of methoxy groups -OCH3 is 1. The molecule has 9 heteroatoms. The van der Waals surface area contributed by atoms with Gasteiger partial charge in [-0.2, -0.15) is 0 Å². The lowest BCUT2D eigenvalue weighted by atomic mass is 10.1. The molecule has 0 atom stereocenters. The van der Waals surface area contributed by atoms with Crippen molar-refractivity contribution >= 4 is 31.1 Å². The van der Waals surface area contributed by atoms with E-state index in [0.717, 1.165) is 0 Å². The van der Waals surface area contributed by atoms with Crippen LogP contribution in [0.4, 0.5) is 0 Å². The monoisotopic (exact) mass is 335 g/mol. The molecule has 0 N–H and O–H groups in total. The highest BCUT2D eigenvalue weighted by atomic mass is 35.7. The summed E-state index contributed by atoms with van der Waals surface area (Å²) in [5, 5.41) is 9.28. The third-order valence-electron chi connectivity index (χ3n) is 2.57. The number of halogens is 1. The van der Waals surface area contributed by atoms with Crippen molar-refractivity contribution in [2.45, 2.75) is 31.5 Å². The van der Waals surface area contributed by atoms with Gasteiger partial charge in [-0.1, -0.05) is 0 Å². The first-order valence-electron chi connectivity index (χ1n) is 5.68. The molecule has 0 fully saturated rings. The summed E-state index contributed by atoms with van der Waals surface area (Å²) < 4.78 is 30.1. The minimum absolute atomic E-state index is 0.267. The van der Waals surface area contributed by atoms with Gasteiger partial charge in [0.15, 0.2) is 5.82 Å². The van der Waals surface area contributed by atoms with Gasteiger partial charge in [0.2, 0.25) is 0 Å². The number of hydrogen-bond acceptors (Lipinski definition) is 6. The van der Waals surface area contributed by atoms with Crippen LogP contribution in [0.1, 0.15) is 20.8 Å². The van der Waals surface area contributed by atoms with Crippen molar-refractivity contribution < 1.29 is 13.2 Å². The maximum absolute atomic E-state index is 11.7. The summed E-state index contributed by atoms with van der Waals surface area (Å²) in [6.45, 7) is 5.56. The summed E-state index contributed by atoms with van der Waals surface area (Å²) in [5.74, 6) is 1.04. The van der Waals surface area contributed by atoms with E-state index in [1.807, 2.05) is 26.2 Å². The predicted molar refractivity (Wildman–Crippen MR) is 77.9 cm³/mol. The van der Waals surface area contributed by atoms with Crippen LogP contribution in [0, 0.1) is 0 Å². The van der Waals surface area contributed by atoms with Crippen LogP contribution in [-0.2, 0) is 14.6 Å². The molecule has 2 rings (SSSR count). The second-order valence-electron chi connectivity index (χ2n) is 5.07. The van der Waals surface area contributed by atoms with Gasteiger partial charge in [0.25, 0.3) is 14.2 Å². The van der Waals surface area contributed by atoms with Gasteiger partial charge in [-0.25, -0.2) is 8.42 Å². The van der Waals surface area contributed by atoms with Gasteiger partial charge in [-0.05, 0) is 32.2 Å². The highest BCUT2D eigenvalue weighted by Gasteiger charge is 2.31. The Bertz CT molecular complexity index is 728. The lowest BCUT2D eigenvalue weighted by Gasteiger charge is -2.23. The zero-order valence-electron chi connectivity index (χ0n) is 11.4. The van der Waals surface area contributed by atoms with E-state index >= 15 is 0 Å². The summed E-state index contributed by atoms with van der Waals surface area (Å²) in [6.07, 6.45) is 0. The largest absolute Gasteiger partial charge is 0.495 e. The van der Waals surface area contributed by atoms with E-state index in [4.69, 9.17) is 15.4 Å². The van der Waals surface area contributed by atoms with Gasteiger partial charge in [0.1, 0.15) is 10.6 Å². The lowest BCUT2D eigenvalue weighted by molar-refractivity contribution is 0.366. The van der Waals surface area contributed by atoms with Crippen molar-refractivity contribution in [2.24, 2.45) is 0 Å². The van der Waals surface area contributed by atoms with Crippen molar-refractivity contribution in [3.05, 3.63) is 11.4 Å². The molecular formula is C11H14ClN3O3S2. The topological polar surface area (TPSA) is 74.1 Å². The third-order valence-corrected chi connectivity index (χ3v) is 4.58. The zero-order chi connectivity index (χ0) is 15.1. The highest BCUT2D eigenvalue weighted by molar-refractivity contribution is 8.13. The van der Waals surface area contributed by atoms with Crippen molar-refractivity contribution in [3.63, 3.8) is 0 Å². The second-order valence-corrected chi connectivity index (χ2v) is 8.44. The lowest BCUT2D eigenvalue weighted by Crippen LogP contribution is -2.25. The van der Waals surface area contributed by atoms with Crippen LogP contribution in [0.15, 0.2) is 16.6 Å². The number of nitrogens with zero attached hydrogens (tertiary/aromatic N) is 3. The quantitative estimate of drug-likeness (QED) is 0.806. The molecule has 2 aromatic rings. The van der Waals surface area contributed by atoms with Crippen molar-refractivity contribution in [3.8, 4) is 16.5 Å². The van der Waals surface area contributed by atoms with E-state index in [0.29, 0.717) is 16.5 Å². The Labute approximate surface area is 125 Å². The average Bonchev–Trinajstić information content (AvgIpc) is 2.92. The van der Waals surface area contributed by atoms with Crippen LogP contribution >= 0.6 is 22.0 Å². The average molecular weight is 336 g/mol. The van der Waals surface area contributed by atoms with Gasteiger partial charge in [-0.3, -0.25) is 4.57 Å². The molecule has 0 bridgehead atoms. The molecule has 0 radical (unpaired) electrons. The Morgan fingerprint density at radius 2 is 2.00 bits per heavy atom. The second kappa shape index (κ2) is 5.01. The molecule has 0 saturated heterocycles. The SMILES string of the molecule is COc1ccsc1-c1nnc(S(=O)(=O)Cl)n1C(C)(C)C. The maximum Gasteiger partial charge on any atom is 0.296 e. The first kappa shape index (κ1) is 15.3. The minimum atomic E-state index is -3.98. The van der Waals surface area contributed by atoms with Crippen LogP contribution in [0.2, 0.25) is 0 Å². The van der Waals surface area contributed by atoms with Gasteiger partial charge < -0.3 is 4.74 Å². The van der Waals surface area contributed by atoms with E-state index in [9.17, 15) is 8.42 Å². The zero-order valence-corrected chi connectivity index (χ0v) is 13.8. The first-order chi connectivity index (χ1) is 9.16. The smallest absolute Gasteiger partial charge is 0.296 e. The standard InChI is InChI=1S/C11H14ClN3O3S2/c1-11(2,3)15-9(8-7(18-4)5-6-19-8)13-14-10(15)20(12,16)17/h5-6H,1-4H3. The molecule has 2 aromatic heterocycles. The van der Waals surface area contributed by atoms with Crippen molar-refractivity contribution in [1.29, 1.82) is 0 Å². The fraction of sp³-hybridized carbons (Fsp3) is 0.455. The van der Waals surface area contributed by atoms with Gasteiger partial charge in [-0.15, -0.1) is 21.5 Å². The van der Waals surface area contributed by atoms with E-state index in [-0.39, 0.29) is 5.16 Å². The van der Waals surface area contributed by atoms with Crippen LogP contribution in [0.5, 0.6) is 5.75 Å². The molecule has 0 aliphatic rings. The van der Waals surface area contributed by atoms with Crippen LogP contribution in [0.3, 0.4) is 0 Å². The molecule has 6 nitrogen and oxygen atoms in total. The van der Waals surface area contributed by atoms with E-state index in [2.05, 4.69) is 10.2 Å². The molecular weight excluding hydrogens is 322 g/mol. The van der Waals surface area contributed by atoms with Crippen molar-refractivity contribution in [1.82, 2.24) is 14.8 Å². The summed E-state index contributed by atoms with van der Waals surface area (Å²) in [6, 6.07) is 1.79. The van der Waals surface area contributed by atoms with E-state index < -0.39 is 14.6 Å². The van der Waals surface area contributed by atoms with Crippen LogP contribution < -0.4 is 4.74 Å². The van der Waals surface area contributed by atoms with Gasteiger partial charge in [0, 0.05) is 16.2 Å². The number of thiophene rings is 1. The van der Waals surface area contributed by atoms with E-state index in [1.54, 1.807) is 13.2 Å². The molecule has 0 aliphatic carbocycles. The first-order valence-corrected chi connectivity index (χ1v) is 8.87. The minimum Gasteiger partial charge on any atom is -0.495 e. The Kier molecular flexibility index (Phi) is 3.83. The molecule has 0 saturated carbocycles. The molecule has 110 valence electrons. The molecule has 0 aliphatic heterocycles. The third kappa shape index (κ3) is 2.68. The summed E-state index contributed by atoms with van der Waals surface area (Å²) in [7, 11) is 3.00. The number of rotatable bonds is 3. The highest BCUT2D eigenvalue weighted by Crippen LogP contribution is 2.37. The predicted octanol–water partition coefficient (Wildman–Crippen LogP) is 2.70. The van der Waals surface area contributed by atoms with Gasteiger partial charge in [0.05, 0.1) is 7.11 Å². The normalized spacial score (nSPS) is 12.7. The molecule has 20 heavy (non-hydrogen) atoms. The molecule has 0 aromatic carbocycles. The molecule has 0 amide bonds. The number of hydrogen-bond donors (Lipinski definition) is 0. The van der Waals surface area contributed by atoms with Gasteiger partial charge >= 0.3 is 0 Å². The Hall–Kier alpha value is -1.12. The van der Waals surface area contributed by atoms with Crippen LogP contribution in [-0.4, -0.2) is 30.3 Å². The van der Waals surface area contributed by atoms with E-state index in [1.165, 1.54) is 15.9 Å². The Morgan fingerprint density at radius 1 is 1.35 bits per heavy atom. The fourth-order valence-electron chi connectivity index (χ4n) is 1.80. The molecule has 2 heterocycles. The summed E-state index contributed by atoms with van der Waals surface area (Å²) >= 11 is 1.40. The van der Waals surface area contributed by atoms with Crippen LogP contribution in [0.25, 0.3) is 10.7 Å². The number of ether oxygens (including phenoxy) is 1. The Morgan fingerprint density at radius 3 is 2.50 bits per heavy atom. The maximum atomic E-state index is 11.7. The Balaban J connectivity index is 2.77. The van der Waals surface area contributed by atoms with Crippen molar-refractivity contribution in [2.75, 3.05) is 7.11 Å². The fourth-order valence-corrected chi connectivity index (χ4v) is 3.65. The number of aromatic nitrogens is 3.